The maximum atomic E-state index is 12.0. The Morgan fingerprint density at radius 2 is 2.15 bits per heavy atom. The van der Waals surface area contributed by atoms with E-state index in [1.54, 1.807) is 0 Å². The van der Waals surface area contributed by atoms with Crippen LogP contribution in [-0.4, -0.2) is 56.1 Å². The summed E-state index contributed by atoms with van der Waals surface area (Å²) in [6.07, 6.45) is 0.853. The smallest absolute Gasteiger partial charge is 0.166 e. The number of para-hydroxylation sites is 1. The molecule has 108 valence electrons. The van der Waals surface area contributed by atoms with Gasteiger partial charge in [-0.05, 0) is 18.7 Å². The zero-order chi connectivity index (χ0) is 13.9. The monoisotopic (exact) mass is 274 g/mol. The Bertz CT molecular complexity index is 489. The molecule has 0 bridgehead atoms. The number of ketones is 1. The largest absolute Gasteiger partial charge is 0.374 e. The first-order chi connectivity index (χ1) is 9.78. The predicted octanol–water partition coefficient (Wildman–Crippen LogP) is 1.80. The Hall–Kier alpha value is -1.39. The van der Waals surface area contributed by atoms with Gasteiger partial charge in [-0.1, -0.05) is 19.1 Å². The van der Waals surface area contributed by atoms with Crippen LogP contribution in [-0.2, 0) is 4.74 Å². The number of rotatable bonds is 3. The summed E-state index contributed by atoms with van der Waals surface area (Å²) in [6, 6.07) is 7.93. The molecule has 0 radical (unpaired) electrons. The van der Waals surface area contributed by atoms with Gasteiger partial charge in [-0.3, -0.25) is 9.69 Å². The van der Waals surface area contributed by atoms with Crippen molar-refractivity contribution in [2.24, 2.45) is 0 Å². The molecule has 4 nitrogen and oxygen atoms in total. The molecule has 20 heavy (non-hydrogen) atoms. The first-order valence-corrected chi connectivity index (χ1v) is 7.49. The molecular formula is C16H22N2O2. The lowest BCUT2D eigenvalue weighted by atomic mass is 10.00. The molecule has 1 fully saturated rings. The van der Waals surface area contributed by atoms with E-state index in [4.69, 9.17) is 4.74 Å². The minimum Gasteiger partial charge on any atom is -0.374 e. The van der Waals surface area contributed by atoms with Gasteiger partial charge in [0.2, 0.25) is 0 Å². The average Bonchev–Trinajstić information content (AvgIpc) is 2.51. The number of hydrogen-bond donors (Lipinski definition) is 0. The molecule has 2 heterocycles. The molecular weight excluding hydrogens is 252 g/mol. The zero-order valence-electron chi connectivity index (χ0n) is 12.0. The molecule has 0 amide bonds. The van der Waals surface area contributed by atoms with E-state index in [0.29, 0.717) is 6.42 Å². The maximum Gasteiger partial charge on any atom is 0.166 e. The summed E-state index contributed by atoms with van der Waals surface area (Å²) >= 11 is 0. The maximum absolute atomic E-state index is 12.0. The number of nitrogens with zero attached hydrogens (tertiary/aromatic N) is 2. The van der Waals surface area contributed by atoms with Crippen LogP contribution in [0.15, 0.2) is 24.3 Å². The SMILES string of the molecule is CCN1CCOC(CN2CCC(=O)c3ccccc32)C1. The van der Waals surface area contributed by atoms with E-state index in [1.807, 2.05) is 24.3 Å². The van der Waals surface area contributed by atoms with Crippen molar-refractivity contribution < 1.29 is 9.53 Å². The molecule has 2 aliphatic rings. The number of likely N-dealkylation sites (N-methyl/N-ethyl adjacent to an activating group) is 1. The summed E-state index contributed by atoms with van der Waals surface area (Å²) in [5, 5.41) is 0. The fraction of sp³-hybridized carbons (Fsp3) is 0.562. The second kappa shape index (κ2) is 5.94. The van der Waals surface area contributed by atoms with Crippen LogP contribution in [0.4, 0.5) is 5.69 Å². The Labute approximate surface area is 120 Å². The van der Waals surface area contributed by atoms with Crippen molar-refractivity contribution in [2.75, 3.05) is 44.2 Å². The van der Waals surface area contributed by atoms with Crippen LogP contribution in [0.25, 0.3) is 0 Å². The highest BCUT2D eigenvalue weighted by molar-refractivity contribution is 6.03. The molecule has 0 saturated carbocycles. The van der Waals surface area contributed by atoms with Crippen molar-refractivity contribution in [3.05, 3.63) is 29.8 Å². The predicted molar refractivity (Wildman–Crippen MR) is 79.5 cm³/mol. The Morgan fingerprint density at radius 1 is 1.30 bits per heavy atom. The first kappa shape index (κ1) is 13.6. The number of morpholine rings is 1. The second-order valence-electron chi connectivity index (χ2n) is 5.52. The standard InChI is InChI=1S/C16H22N2O2/c1-2-17-9-10-20-13(11-17)12-18-8-7-16(19)14-5-3-4-6-15(14)18/h3-6,13H,2,7-12H2,1H3. The minimum atomic E-state index is 0.241. The molecule has 2 aliphatic heterocycles. The Balaban J connectivity index is 1.72. The molecule has 1 atom stereocenters. The number of Topliss-reactive ketones (excluding diaryl/α,β-unsaturated/α-hetero) is 1. The number of hydrogen-bond acceptors (Lipinski definition) is 4. The van der Waals surface area contributed by atoms with Crippen LogP contribution in [0.5, 0.6) is 0 Å². The zero-order valence-corrected chi connectivity index (χ0v) is 12.0. The van der Waals surface area contributed by atoms with Gasteiger partial charge in [0, 0.05) is 43.9 Å². The topological polar surface area (TPSA) is 32.8 Å². The van der Waals surface area contributed by atoms with Crippen molar-refractivity contribution in [3.8, 4) is 0 Å². The molecule has 3 rings (SSSR count). The number of anilines is 1. The number of fused-ring (bicyclic) bond motifs is 1. The van der Waals surface area contributed by atoms with Gasteiger partial charge in [0.05, 0.1) is 12.7 Å². The highest BCUT2D eigenvalue weighted by Crippen LogP contribution is 2.27. The van der Waals surface area contributed by atoms with Crippen LogP contribution in [0.2, 0.25) is 0 Å². The highest BCUT2D eigenvalue weighted by Gasteiger charge is 2.27. The van der Waals surface area contributed by atoms with E-state index >= 15 is 0 Å². The minimum absolute atomic E-state index is 0.241. The van der Waals surface area contributed by atoms with E-state index in [1.165, 1.54) is 0 Å². The van der Waals surface area contributed by atoms with E-state index in [-0.39, 0.29) is 11.9 Å². The summed E-state index contributed by atoms with van der Waals surface area (Å²) in [6.45, 7) is 7.78. The third-order valence-corrected chi connectivity index (χ3v) is 4.25. The molecule has 4 heteroatoms. The Morgan fingerprint density at radius 3 is 3.00 bits per heavy atom. The highest BCUT2D eigenvalue weighted by atomic mass is 16.5. The van der Waals surface area contributed by atoms with Gasteiger partial charge in [0.15, 0.2) is 5.78 Å². The van der Waals surface area contributed by atoms with E-state index in [2.05, 4.69) is 16.7 Å². The number of benzene rings is 1. The summed E-state index contributed by atoms with van der Waals surface area (Å²) in [5.74, 6) is 0.261. The fourth-order valence-electron chi connectivity index (χ4n) is 3.09. The lowest BCUT2D eigenvalue weighted by Crippen LogP contribution is -2.48. The van der Waals surface area contributed by atoms with Crippen molar-refractivity contribution in [2.45, 2.75) is 19.4 Å². The van der Waals surface area contributed by atoms with Crippen LogP contribution < -0.4 is 4.90 Å². The van der Waals surface area contributed by atoms with Gasteiger partial charge in [0.25, 0.3) is 0 Å². The van der Waals surface area contributed by atoms with Gasteiger partial charge in [-0.15, -0.1) is 0 Å². The second-order valence-corrected chi connectivity index (χ2v) is 5.52. The summed E-state index contributed by atoms with van der Waals surface area (Å²) in [7, 11) is 0. The van der Waals surface area contributed by atoms with Crippen molar-refractivity contribution >= 4 is 11.5 Å². The molecule has 1 saturated heterocycles. The number of carbonyl (C=O) groups is 1. The van der Waals surface area contributed by atoms with Crippen molar-refractivity contribution in [1.29, 1.82) is 0 Å². The van der Waals surface area contributed by atoms with Gasteiger partial charge in [-0.25, -0.2) is 0 Å². The third-order valence-electron chi connectivity index (χ3n) is 4.25. The number of ether oxygens (including phenoxy) is 1. The molecule has 1 aromatic carbocycles. The lowest BCUT2D eigenvalue weighted by Gasteiger charge is -2.37. The van der Waals surface area contributed by atoms with Gasteiger partial charge < -0.3 is 9.64 Å². The summed E-state index contributed by atoms with van der Waals surface area (Å²) in [4.78, 5) is 16.7. The Kier molecular flexibility index (Phi) is 4.03. The molecule has 1 unspecified atom stereocenters. The van der Waals surface area contributed by atoms with Gasteiger partial charge in [0.1, 0.15) is 0 Å². The lowest BCUT2D eigenvalue weighted by molar-refractivity contribution is -0.0221. The van der Waals surface area contributed by atoms with E-state index in [9.17, 15) is 4.79 Å². The van der Waals surface area contributed by atoms with E-state index < -0.39 is 0 Å². The molecule has 1 aromatic rings. The number of carbonyl (C=O) groups excluding carboxylic acids is 1. The van der Waals surface area contributed by atoms with Crippen LogP contribution in [0, 0.1) is 0 Å². The molecule has 0 aliphatic carbocycles. The van der Waals surface area contributed by atoms with Crippen LogP contribution >= 0.6 is 0 Å². The average molecular weight is 274 g/mol. The van der Waals surface area contributed by atoms with E-state index in [0.717, 1.165) is 50.6 Å². The van der Waals surface area contributed by atoms with Gasteiger partial charge >= 0.3 is 0 Å². The fourth-order valence-corrected chi connectivity index (χ4v) is 3.09. The quantitative estimate of drug-likeness (QED) is 0.841. The first-order valence-electron chi connectivity index (χ1n) is 7.49. The third kappa shape index (κ3) is 2.72. The molecule has 0 aromatic heterocycles. The normalized spacial score (nSPS) is 23.8. The van der Waals surface area contributed by atoms with Crippen molar-refractivity contribution in [3.63, 3.8) is 0 Å². The molecule has 0 spiro atoms. The summed E-state index contributed by atoms with van der Waals surface area (Å²) < 4.78 is 5.89. The summed E-state index contributed by atoms with van der Waals surface area (Å²) in [5.41, 5.74) is 1.93. The van der Waals surface area contributed by atoms with Crippen LogP contribution in [0.1, 0.15) is 23.7 Å². The van der Waals surface area contributed by atoms with Crippen LogP contribution in [0.3, 0.4) is 0 Å². The van der Waals surface area contributed by atoms with Gasteiger partial charge in [-0.2, -0.15) is 0 Å². The van der Waals surface area contributed by atoms with Crippen molar-refractivity contribution in [1.82, 2.24) is 4.90 Å². The molecule has 0 N–H and O–H groups in total.